The van der Waals surface area contributed by atoms with E-state index in [0.29, 0.717) is 24.8 Å². The molecule has 0 spiro atoms. The monoisotopic (exact) mass is 246 g/mol. The standard InChI is InChI=1S/C11H22N2O2S/c1-2-9-16(14,15)13-8-7-12-6-4-3-5-11(12)10-13/h11H,2-10H2,1H3. The van der Waals surface area contributed by atoms with Crippen molar-refractivity contribution in [3.05, 3.63) is 0 Å². The third-order valence-corrected chi connectivity index (χ3v) is 5.70. The highest BCUT2D eigenvalue weighted by Gasteiger charge is 2.33. The Bertz CT molecular complexity index is 329. The van der Waals surface area contributed by atoms with Crippen LogP contribution < -0.4 is 0 Å². The lowest BCUT2D eigenvalue weighted by atomic mass is 10.0. The molecule has 2 aliphatic rings. The molecule has 0 saturated carbocycles. The first-order chi connectivity index (χ1) is 7.63. The molecule has 2 heterocycles. The molecule has 0 radical (unpaired) electrons. The molecule has 0 aromatic rings. The molecule has 16 heavy (non-hydrogen) atoms. The van der Waals surface area contributed by atoms with Gasteiger partial charge in [-0.05, 0) is 25.8 Å². The fourth-order valence-corrected chi connectivity index (χ4v) is 4.30. The van der Waals surface area contributed by atoms with Crippen LogP contribution in [-0.4, -0.2) is 55.6 Å². The number of fused-ring (bicyclic) bond motifs is 1. The lowest BCUT2D eigenvalue weighted by Crippen LogP contribution is -2.56. The van der Waals surface area contributed by atoms with E-state index >= 15 is 0 Å². The zero-order chi connectivity index (χ0) is 11.6. The highest BCUT2D eigenvalue weighted by molar-refractivity contribution is 7.89. The van der Waals surface area contributed by atoms with Gasteiger partial charge >= 0.3 is 0 Å². The van der Waals surface area contributed by atoms with Crippen molar-refractivity contribution in [1.29, 1.82) is 0 Å². The Balaban J connectivity index is 1.99. The summed E-state index contributed by atoms with van der Waals surface area (Å²) < 4.78 is 25.6. The van der Waals surface area contributed by atoms with Gasteiger partial charge in [-0.25, -0.2) is 8.42 Å². The van der Waals surface area contributed by atoms with Crippen LogP contribution in [0.1, 0.15) is 32.6 Å². The molecule has 0 aromatic carbocycles. The van der Waals surface area contributed by atoms with Crippen molar-refractivity contribution in [3.8, 4) is 0 Å². The van der Waals surface area contributed by atoms with Crippen molar-refractivity contribution in [3.63, 3.8) is 0 Å². The summed E-state index contributed by atoms with van der Waals surface area (Å²) in [7, 11) is -2.98. The summed E-state index contributed by atoms with van der Waals surface area (Å²) in [5.74, 6) is 0.305. The number of sulfonamides is 1. The molecule has 2 aliphatic heterocycles. The number of hydrogen-bond donors (Lipinski definition) is 0. The highest BCUT2D eigenvalue weighted by Crippen LogP contribution is 2.22. The summed E-state index contributed by atoms with van der Waals surface area (Å²) in [6.45, 7) is 5.43. The first-order valence-corrected chi connectivity index (χ1v) is 7.96. The fraction of sp³-hybridized carbons (Fsp3) is 1.00. The highest BCUT2D eigenvalue weighted by atomic mass is 32.2. The van der Waals surface area contributed by atoms with Crippen molar-refractivity contribution in [2.24, 2.45) is 0 Å². The molecule has 1 atom stereocenters. The maximum atomic E-state index is 12.0. The smallest absolute Gasteiger partial charge is 0.214 e. The Labute approximate surface area is 98.7 Å². The molecule has 0 bridgehead atoms. The quantitative estimate of drug-likeness (QED) is 0.743. The molecule has 4 nitrogen and oxygen atoms in total. The maximum absolute atomic E-state index is 12.0. The van der Waals surface area contributed by atoms with E-state index in [9.17, 15) is 8.42 Å². The predicted octanol–water partition coefficient (Wildman–Crippen LogP) is 0.896. The summed E-state index contributed by atoms with van der Waals surface area (Å²) >= 11 is 0. The lowest BCUT2D eigenvalue weighted by molar-refractivity contribution is 0.0852. The Kier molecular flexibility index (Phi) is 3.87. The Hall–Kier alpha value is -0.130. The molecule has 5 heteroatoms. The van der Waals surface area contributed by atoms with Crippen LogP contribution in [-0.2, 0) is 10.0 Å². The second kappa shape index (κ2) is 5.02. The van der Waals surface area contributed by atoms with Gasteiger partial charge in [-0.2, -0.15) is 4.31 Å². The van der Waals surface area contributed by atoms with Crippen LogP contribution >= 0.6 is 0 Å². The van der Waals surface area contributed by atoms with E-state index in [2.05, 4.69) is 4.90 Å². The molecule has 0 N–H and O–H groups in total. The average molecular weight is 246 g/mol. The zero-order valence-corrected chi connectivity index (χ0v) is 10.9. The molecule has 0 aromatic heterocycles. The van der Waals surface area contributed by atoms with Crippen LogP contribution in [0.25, 0.3) is 0 Å². The first kappa shape index (κ1) is 12.3. The Morgan fingerprint density at radius 1 is 1.19 bits per heavy atom. The number of piperazine rings is 1. The molecular formula is C11H22N2O2S. The molecule has 2 saturated heterocycles. The van der Waals surface area contributed by atoms with Crippen molar-refractivity contribution in [1.82, 2.24) is 9.21 Å². The van der Waals surface area contributed by atoms with Gasteiger partial charge in [0.25, 0.3) is 0 Å². The zero-order valence-electron chi connectivity index (χ0n) is 10.1. The van der Waals surface area contributed by atoms with Crippen LogP contribution in [0.4, 0.5) is 0 Å². The molecule has 0 amide bonds. The lowest BCUT2D eigenvalue weighted by Gasteiger charge is -2.43. The molecular weight excluding hydrogens is 224 g/mol. The van der Waals surface area contributed by atoms with Crippen molar-refractivity contribution in [2.45, 2.75) is 38.6 Å². The number of piperidine rings is 1. The van der Waals surface area contributed by atoms with Crippen molar-refractivity contribution < 1.29 is 8.42 Å². The normalized spacial score (nSPS) is 28.9. The Morgan fingerprint density at radius 3 is 2.75 bits per heavy atom. The summed E-state index contributed by atoms with van der Waals surface area (Å²) in [4.78, 5) is 2.46. The number of rotatable bonds is 3. The van der Waals surface area contributed by atoms with Crippen molar-refractivity contribution in [2.75, 3.05) is 31.9 Å². The Morgan fingerprint density at radius 2 is 2.00 bits per heavy atom. The van der Waals surface area contributed by atoms with Crippen LogP contribution in [0, 0.1) is 0 Å². The van der Waals surface area contributed by atoms with Gasteiger partial charge in [0, 0.05) is 25.7 Å². The summed E-state index contributed by atoms with van der Waals surface area (Å²) in [5.41, 5.74) is 0. The van der Waals surface area contributed by atoms with Gasteiger partial charge in [0.2, 0.25) is 10.0 Å². The van der Waals surface area contributed by atoms with Gasteiger partial charge in [-0.1, -0.05) is 13.3 Å². The molecule has 0 aliphatic carbocycles. The SMILES string of the molecule is CCCS(=O)(=O)N1CCN2CCCCC2C1. The average Bonchev–Trinajstić information content (AvgIpc) is 2.28. The predicted molar refractivity (Wildman–Crippen MR) is 64.9 cm³/mol. The largest absolute Gasteiger partial charge is 0.298 e. The van der Waals surface area contributed by atoms with E-state index < -0.39 is 10.0 Å². The minimum absolute atomic E-state index is 0.305. The number of hydrogen-bond acceptors (Lipinski definition) is 3. The van der Waals surface area contributed by atoms with E-state index in [0.717, 1.165) is 26.1 Å². The van der Waals surface area contributed by atoms with E-state index in [1.54, 1.807) is 4.31 Å². The van der Waals surface area contributed by atoms with Gasteiger partial charge in [0.1, 0.15) is 0 Å². The molecule has 1 unspecified atom stereocenters. The maximum Gasteiger partial charge on any atom is 0.214 e. The molecule has 94 valence electrons. The van der Waals surface area contributed by atoms with Crippen LogP contribution in [0.3, 0.4) is 0 Å². The molecule has 2 rings (SSSR count). The summed E-state index contributed by atoms with van der Waals surface area (Å²) in [5, 5.41) is 0. The van der Waals surface area contributed by atoms with Gasteiger partial charge in [-0.3, -0.25) is 4.90 Å². The third-order valence-electron chi connectivity index (χ3n) is 3.66. The third kappa shape index (κ3) is 2.57. The van der Waals surface area contributed by atoms with Gasteiger partial charge in [0.05, 0.1) is 5.75 Å². The van der Waals surface area contributed by atoms with Gasteiger partial charge in [0.15, 0.2) is 0 Å². The van der Waals surface area contributed by atoms with Gasteiger partial charge < -0.3 is 0 Å². The van der Waals surface area contributed by atoms with E-state index in [-0.39, 0.29) is 0 Å². The molecule has 2 fully saturated rings. The van der Waals surface area contributed by atoms with Gasteiger partial charge in [-0.15, -0.1) is 0 Å². The minimum Gasteiger partial charge on any atom is -0.298 e. The van der Waals surface area contributed by atoms with E-state index in [1.807, 2.05) is 6.92 Å². The second-order valence-corrected chi connectivity index (χ2v) is 6.95. The second-order valence-electron chi connectivity index (χ2n) is 4.86. The minimum atomic E-state index is -2.98. The topological polar surface area (TPSA) is 40.6 Å². The van der Waals surface area contributed by atoms with E-state index in [4.69, 9.17) is 0 Å². The van der Waals surface area contributed by atoms with E-state index in [1.165, 1.54) is 12.8 Å². The van der Waals surface area contributed by atoms with Crippen LogP contribution in [0.15, 0.2) is 0 Å². The summed E-state index contributed by atoms with van der Waals surface area (Å²) in [6.07, 6.45) is 4.41. The van der Waals surface area contributed by atoms with Crippen molar-refractivity contribution >= 4 is 10.0 Å². The van der Waals surface area contributed by atoms with Crippen LogP contribution in [0.5, 0.6) is 0 Å². The summed E-state index contributed by atoms with van der Waals surface area (Å²) in [6, 6.07) is 0.481. The first-order valence-electron chi connectivity index (χ1n) is 6.35. The van der Waals surface area contributed by atoms with Crippen LogP contribution in [0.2, 0.25) is 0 Å². The fourth-order valence-electron chi connectivity index (χ4n) is 2.77. The number of nitrogens with zero attached hydrogens (tertiary/aromatic N) is 2.